The molecule has 0 saturated carbocycles. The summed E-state index contributed by atoms with van der Waals surface area (Å²) in [5.41, 5.74) is 2.84. The van der Waals surface area contributed by atoms with Crippen LogP contribution < -0.4 is 24.3 Å². The largest absolute Gasteiger partial charge is 0.497 e. The normalized spacial score (nSPS) is 11.0. The van der Waals surface area contributed by atoms with Crippen molar-refractivity contribution in [2.45, 2.75) is 0 Å². The summed E-state index contributed by atoms with van der Waals surface area (Å²) in [5, 5.41) is 11.9. The fourth-order valence-electron chi connectivity index (χ4n) is 3.26. The fourth-order valence-corrected chi connectivity index (χ4v) is 3.26. The molecule has 4 rings (SSSR count). The minimum absolute atomic E-state index is 0.691. The van der Waals surface area contributed by atoms with E-state index in [-0.39, 0.29) is 0 Å². The lowest BCUT2D eigenvalue weighted by Gasteiger charge is -2.11. The lowest BCUT2D eigenvalue weighted by atomic mass is 10.2. The van der Waals surface area contributed by atoms with E-state index in [1.165, 1.54) is 0 Å². The second kappa shape index (κ2) is 6.68. The third-order valence-electron chi connectivity index (χ3n) is 4.64. The van der Waals surface area contributed by atoms with E-state index in [2.05, 4.69) is 21.6 Å². The molecule has 2 aromatic carbocycles. The minimum atomic E-state index is 0.691. The van der Waals surface area contributed by atoms with E-state index in [4.69, 9.17) is 18.9 Å². The Morgan fingerprint density at radius 1 is 0.741 bits per heavy atom. The van der Waals surface area contributed by atoms with Gasteiger partial charge in [0.05, 0.1) is 39.8 Å². The minimum Gasteiger partial charge on any atom is -0.497 e. The van der Waals surface area contributed by atoms with Crippen LogP contribution in [0.2, 0.25) is 0 Å². The molecule has 0 atom stereocenters. The zero-order chi connectivity index (χ0) is 19.0. The highest BCUT2D eigenvalue weighted by Crippen LogP contribution is 2.43. The molecule has 7 heteroatoms. The van der Waals surface area contributed by atoms with E-state index in [1.54, 1.807) is 28.4 Å². The number of hydrogen-bond donors (Lipinski definition) is 3. The predicted molar refractivity (Wildman–Crippen MR) is 105 cm³/mol. The Kier molecular flexibility index (Phi) is 4.19. The topological polar surface area (TPSA) is 80.5 Å². The van der Waals surface area contributed by atoms with Gasteiger partial charge in [-0.3, -0.25) is 10.2 Å². The maximum absolute atomic E-state index is 5.47. The molecule has 0 aromatic heterocycles. The zero-order valence-electron chi connectivity index (χ0n) is 15.6. The highest BCUT2D eigenvalue weighted by atomic mass is 16.5. The number of aromatic nitrogens is 2. The van der Waals surface area contributed by atoms with Gasteiger partial charge in [0, 0.05) is 17.0 Å². The highest BCUT2D eigenvalue weighted by molar-refractivity contribution is 6.05. The summed E-state index contributed by atoms with van der Waals surface area (Å²) < 4.78 is 21.6. The van der Waals surface area contributed by atoms with Gasteiger partial charge in [-0.25, -0.2) is 0 Å². The van der Waals surface area contributed by atoms with Crippen LogP contribution in [0.1, 0.15) is 0 Å². The van der Waals surface area contributed by atoms with Gasteiger partial charge >= 0.3 is 0 Å². The summed E-state index contributed by atoms with van der Waals surface area (Å²) >= 11 is 0. The van der Waals surface area contributed by atoms with Crippen LogP contribution in [0.5, 0.6) is 23.0 Å². The SMILES string of the molecule is COc1ccc(Nc2[nH][nH]c3c4cc(OC)c(OC)cc4cc2-3)c(OC)c1. The number of benzene rings is 2. The first-order valence-electron chi connectivity index (χ1n) is 8.42. The molecule has 140 valence electrons. The summed E-state index contributed by atoms with van der Waals surface area (Å²) in [4.78, 5) is 0. The van der Waals surface area contributed by atoms with E-state index in [9.17, 15) is 0 Å². The van der Waals surface area contributed by atoms with Crippen molar-refractivity contribution in [2.75, 3.05) is 33.8 Å². The van der Waals surface area contributed by atoms with Crippen molar-refractivity contribution in [3.05, 3.63) is 36.4 Å². The summed E-state index contributed by atoms with van der Waals surface area (Å²) in [6.45, 7) is 0. The Morgan fingerprint density at radius 2 is 1.48 bits per heavy atom. The van der Waals surface area contributed by atoms with Crippen molar-refractivity contribution in [3.8, 4) is 34.3 Å². The Hall–Kier alpha value is -3.48. The van der Waals surface area contributed by atoms with Gasteiger partial charge in [0.15, 0.2) is 11.5 Å². The maximum atomic E-state index is 5.47. The molecule has 27 heavy (non-hydrogen) atoms. The summed E-state index contributed by atoms with van der Waals surface area (Å²) in [5.74, 6) is 3.66. The van der Waals surface area contributed by atoms with Gasteiger partial charge in [-0.15, -0.1) is 0 Å². The molecule has 1 heterocycles. The number of anilines is 2. The summed E-state index contributed by atoms with van der Waals surface area (Å²) in [6, 6.07) is 11.7. The highest BCUT2D eigenvalue weighted by Gasteiger charge is 2.20. The quantitative estimate of drug-likeness (QED) is 0.471. The van der Waals surface area contributed by atoms with E-state index < -0.39 is 0 Å². The van der Waals surface area contributed by atoms with E-state index in [1.807, 2.05) is 30.3 Å². The second-order valence-corrected chi connectivity index (χ2v) is 6.04. The first-order chi connectivity index (χ1) is 13.2. The average Bonchev–Trinajstić information content (AvgIpc) is 3.26. The lowest BCUT2D eigenvalue weighted by molar-refractivity contribution is 0.356. The van der Waals surface area contributed by atoms with Gasteiger partial charge in [-0.05, 0) is 35.7 Å². The molecule has 0 saturated heterocycles. The number of hydrogen-bond acceptors (Lipinski definition) is 5. The Labute approximate surface area is 156 Å². The number of methoxy groups -OCH3 is 4. The molecule has 3 N–H and O–H groups in total. The van der Waals surface area contributed by atoms with Crippen LogP contribution in [0.4, 0.5) is 11.5 Å². The summed E-state index contributed by atoms with van der Waals surface area (Å²) in [7, 11) is 6.53. The van der Waals surface area contributed by atoms with Gasteiger partial charge in [0.2, 0.25) is 0 Å². The van der Waals surface area contributed by atoms with Crippen molar-refractivity contribution in [1.29, 1.82) is 0 Å². The van der Waals surface area contributed by atoms with Crippen molar-refractivity contribution in [2.24, 2.45) is 0 Å². The van der Waals surface area contributed by atoms with Crippen LogP contribution in [0.15, 0.2) is 36.4 Å². The molecule has 7 nitrogen and oxygen atoms in total. The van der Waals surface area contributed by atoms with Crippen LogP contribution in [0, 0.1) is 0 Å². The van der Waals surface area contributed by atoms with Crippen LogP contribution in [0.25, 0.3) is 22.0 Å². The molecule has 0 amide bonds. The van der Waals surface area contributed by atoms with Crippen LogP contribution in [-0.2, 0) is 0 Å². The molecular weight excluding hydrogens is 346 g/mol. The van der Waals surface area contributed by atoms with E-state index in [0.717, 1.165) is 39.3 Å². The number of H-pyrrole nitrogens is 2. The van der Waals surface area contributed by atoms with Gasteiger partial charge < -0.3 is 24.3 Å². The smallest absolute Gasteiger partial charge is 0.161 e. The Morgan fingerprint density at radius 3 is 2.19 bits per heavy atom. The van der Waals surface area contributed by atoms with Crippen molar-refractivity contribution in [1.82, 2.24) is 10.2 Å². The van der Waals surface area contributed by atoms with Gasteiger partial charge in [0.1, 0.15) is 17.3 Å². The number of aromatic amines is 2. The first-order valence-corrected chi connectivity index (χ1v) is 8.42. The molecule has 2 aliphatic rings. The van der Waals surface area contributed by atoms with Crippen molar-refractivity contribution in [3.63, 3.8) is 0 Å². The molecule has 0 bridgehead atoms. The number of nitrogens with one attached hydrogen (secondary N) is 3. The third kappa shape index (κ3) is 2.77. The van der Waals surface area contributed by atoms with Crippen molar-refractivity contribution >= 4 is 22.3 Å². The van der Waals surface area contributed by atoms with Crippen LogP contribution >= 0.6 is 0 Å². The molecule has 0 unspecified atom stereocenters. The molecule has 1 aliphatic carbocycles. The molecule has 2 aromatic rings. The van der Waals surface area contributed by atoms with E-state index in [0.29, 0.717) is 17.2 Å². The first kappa shape index (κ1) is 17.0. The molecule has 1 aliphatic heterocycles. The number of fused-ring (bicyclic) bond motifs is 3. The van der Waals surface area contributed by atoms with Crippen LogP contribution in [-0.4, -0.2) is 38.6 Å². The molecular formula is C20H21N3O4. The molecule has 0 radical (unpaired) electrons. The second-order valence-electron chi connectivity index (χ2n) is 6.04. The van der Waals surface area contributed by atoms with Gasteiger partial charge in [-0.1, -0.05) is 0 Å². The Balaban J connectivity index is 1.76. The Bertz CT molecular complexity index is 1070. The standard InChI is InChI=1S/C20H21N3O4/c1-24-12-5-6-15(16(9-12)25-2)21-20-14-7-11-8-17(26-3)18(27-4)10-13(11)19(14)22-23-20/h5-10,21-23H,1-4H3. The molecule has 0 spiro atoms. The van der Waals surface area contributed by atoms with Crippen molar-refractivity contribution < 1.29 is 18.9 Å². The predicted octanol–water partition coefficient (Wildman–Crippen LogP) is 4.38. The zero-order valence-corrected chi connectivity index (χ0v) is 15.6. The van der Waals surface area contributed by atoms with Gasteiger partial charge in [0.25, 0.3) is 0 Å². The summed E-state index contributed by atoms with van der Waals surface area (Å²) in [6.07, 6.45) is 0. The van der Waals surface area contributed by atoms with Crippen LogP contribution in [0.3, 0.4) is 0 Å². The van der Waals surface area contributed by atoms with E-state index >= 15 is 0 Å². The average molecular weight is 367 g/mol. The monoisotopic (exact) mass is 367 g/mol. The fraction of sp³-hybridized carbons (Fsp3) is 0.200. The number of rotatable bonds is 6. The lowest BCUT2D eigenvalue weighted by Crippen LogP contribution is -1.96. The maximum Gasteiger partial charge on any atom is 0.161 e. The third-order valence-corrected chi connectivity index (χ3v) is 4.64. The molecule has 0 fully saturated rings. The van der Waals surface area contributed by atoms with Gasteiger partial charge in [-0.2, -0.15) is 0 Å². The number of ether oxygens (including phenoxy) is 4.